The Morgan fingerprint density at radius 1 is 1.45 bits per heavy atom. The lowest BCUT2D eigenvalue weighted by molar-refractivity contribution is -0.385. The number of esters is 1. The average Bonchev–Trinajstić information content (AvgIpc) is 3.21. The van der Waals surface area contributed by atoms with Gasteiger partial charge < -0.3 is 4.74 Å². The molecule has 1 aromatic rings. The molecule has 0 amide bonds. The highest BCUT2D eigenvalue weighted by molar-refractivity contribution is 7.94. The van der Waals surface area contributed by atoms with Crippen LogP contribution in [0.2, 0.25) is 0 Å². The Kier molecular flexibility index (Phi) is 3.51. The van der Waals surface area contributed by atoms with E-state index in [-0.39, 0.29) is 30.0 Å². The molecule has 1 aromatic carbocycles. The van der Waals surface area contributed by atoms with E-state index in [1.165, 1.54) is 18.2 Å². The van der Waals surface area contributed by atoms with Crippen LogP contribution in [-0.4, -0.2) is 30.7 Å². The number of carbonyl (C=O) groups excluding carboxylic acids is 1. The van der Waals surface area contributed by atoms with E-state index in [4.69, 9.17) is 4.74 Å². The van der Waals surface area contributed by atoms with Crippen molar-refractivity contribution < 1.29 is 22.9 Å². The van der Waals surface area contributed by atoms with E-state index in [1.807, 2.05) is 0 Å². The summed E-state index contributed by atoms with van der Waals surface area (Å²) in [6, 6.07) is 4.70. The zero-order valence-electron chi connectivity index (χ0n) is 10.7. The lowest BCUT2D eigenvalue weighted by Crippen LogP contribution is -2.34. The molecule has 1 fully saturated rings. The van der Waals surface area contributed by atoms with Crippen LogP contribution >= 0.6 is 0 Å². The minimum Gasteiger partial charge on any atom is -0.465 e. The van der Waals surface area contributed by atoms with Crippen LogP contribution in [0.3, 0.4) is 0 Å². The summed E-state index contributed by atoms with van der Waals surface area (Å²) in [5, 5.41) is 10.7. The Labute approximate surface area is 115 Å². The quantitative estimate of drug-likeness (QED) is 0.463. The number of benzene rings is 1. The molecule has 0 saturated heterocycles. The standard InChI is InChI=1S/C12H13NO6S/c1-2-19-11(14)12(6-7-12)20(17,18)10-5-3-4-9(8-10)13(15)16/h3-5,8H,2,6-7H2,1H3. The van der Waals surface area contributed by atoms with Gasteiger partial charge in [0.05, 0.1) is 16.4 Å². The summed E-state index contributed by atoms with van der Waals surface area (Å²) in [4.78, 5) is 21.6. The summed E-state index contributed by atoms with van der Waals surface area (Å²) in [6.45, 7) is 1.68. The Morgan fingerprint density at radius 3 is 2.60 bits per heavy atom. The molecule has 0 atom stereocenters. The maximum absolute atomic E-state index is 12.5. The fraction of sp³-hybridized carbons (Fsp3) is 0.417. The number of nitro groups is 1. The first-order chi connectivity index (χ1) is 9.35. The number of hydrogen-bond donors (Lipinski definition) is 0. The molecule has 7 nitrogen and oxygen atoms in total. The van der Waals surface area contributed by atoms with Gasteiger partial charge in [0.25, 0.3) is 5.69 Å². The van der Waals surface area contributed by atoms with E-state index in [1.54, 1.807) is 6.92 Å². The topological polar surface area (TPSA) is 104 Å². The van der Waals surface area contributed by atoms with Crippen LogP contribution in [0.4, 0.5) is 5.69 Å². The maximum Gasteiger partial charge on any atom is 0.327 e. The lowest BCUT2D eigenvalue weighted by atomic mass is 10.3. The van der Waals surface area contributed by atoms with E-state index in [0.717, 1.165) is 6.07 Å². The Morgan fingerprint density at radius 2 is 2.10 bits per heavy atom. The van der Waals surface area contributed by atoms with Crippen molar-refractivity contribution in [2.45, 2.75) is 29.4 Å². The van der Waals surface area contributed by atoms with Crippen molar-refractivity contribution in [3.63, 3.8) is 0 Å². The molecule has 1 aliphatic carbocycles. The van der Waals surface area contributed by atoms with E-state index >= 15 is 0 Å². The van der Waals surface area contributed by atoms with Gasteiger partial charge in [-0.25, -0.2) is 8.42 Å². The third kappa shape index (κ3) is 2.15. The maximum atomic E-state index is 12.5. The van der Waals surface area contributed by atoms with Crippen molar-refractivity contribution in [2.75, 3.05) is 6.61 Å². The van der Waals surface area contributed by atoms with Crippen molar-refractivity contribution in [3.05, 3.63) is 34.4 Å². The summed E-state index contributed by atoms with van der Waals surface area (Å²) in [5.41, 5.74) is -0.328. The minimum absolute atomic E-state index is 0.0883. The summed E-state index contributed by atoms with van der Waals surface area (Å²) in [6.07, 6.45) is 0.355. The number of nitrogens with zero attached hydrogens (tertiary/aromatic N) is 1. The molecular weight excluding hydrogens is 286 g/mol. The average molecular weight is 299 g/mol. The number of hydrogen-bond acceptors (Lipinski definition) is 6. The molecule has 0 radical (unpaired) electrons. The summed E-state index contributed by atoms with van der Waals surface area (Å²) in [7, 11) is -3.98. The summed E-state index contributed by atoms with van der Waals surface area (Å²) >= 11 is 0. The lowest BCUT2D eigenvalue weighted by Gasteiger charge is -2.14. The predicted octanol–water partition coefficient (Wildman–Crippen LogP) is 1.46. The number of rotatable bonds is 5. The van der Waals surface area contributed by atoms with E-state index in [2.05, 4.69) is 0 Å². The third-order valence-corrected chi connectivity index (χ3v) is 5.68. The molecule has 0 N–H and O–H groups in total. The van der Waals surface area contributed by atoms with Gasteiger partial charge in [-0.05, 0) is 25.8 Å². The Balaban J connectivity index is 2.43. The molecule has 108 valence electrons. The highest BCUT2D eigenvalue weighted by atomic mass is 32.2. The highest BCUT2D eigenvalue weighted by Gasteiger charge is 2.62. The molecule has 0 spiro atoms. The van der Waals surface area contributed by atoms with Gasteiger partial charge in [-0.2, -0.15) is 0 Å². The van der Waals surface area contributed by atoms with Crippen LogP contribution < -0.4 is 0 Å². The minimum atomic E-state index is -3.98. The van der Waals surface area contributed by atoms with Gasteiger partial charge in [-0.15, -0.1) is 0 Å². The molecule has 0 bridgehead atoms. The number of ether oxygens (including phenoxy) is 1. The number of nitro benzene ring substituents is 1. The molecule has 0 heterocycles. The molecule has 0 aromatic heterocycles. The van der Waals surface area contributed by atoms with Crippen LogP contribution in [0, 0.1) is 10.1 Å². The van der Waals surface area contributed by atoms with Crippen LogP contribution in [0.5, 0.6) is 0 Å². The van der Waals surface area contributed by atoms with Crippen LogP contribution in [0.15, 0.2) is 29.2 Å². The molecule has 2 rings (SSSR count). The smallest absolute Gasteiger partial charge is 0.327 e. The van der Waals surface area contributed by atoms with Crippen molar-refractivity contribution >= 4 is 21.5 Å². The van der Waals surface area contributed by atoms with Crippen LogP contribution in [0.25, 0.3) is 0 Å². The fourth-order valence-electron chi connectivity index (χ4n) is 1.95. The SMILES string of the molecule is CCOC(=O)C1(S(=O)(=O)c2cccc([N+](=O)[O-])c2)CC1. The predicted molar refractivity (Wildman–Crippen MR) is 68.9 cm³/mol. The van der Waals surface area contributed by atoms with Crippen LogP contribution in [0.1, 0.15) is 19.8 Å². The van der Waals surface area contributed by atoms with Gasteiger partial charge in [-0.3, -0.25) is 14.9 Å². The van der Waals surface area contributed by atoms with Gasteiger partial charge in [0.1, 0.15) is 0 Å². The van der Waals surface area contributed by atoms with Gasteiger partial charge in [0.15, 0.2) is 14.6 Å². The molecule has 8 heteroatoms. The fourth-order valence-corrected chi connectivity index (χ4v) is 3.85. The molecule has 0 unspecified atom stereocenters. The highest BCUT2D eigenvalue weighted by Crippen LogP contribution is 2.48. The summed E-state index contributed by atoms with van der Waals surface area (Å²) < 4.78 is 28.2. The second-order valence-electron chi connectivity index (χ2n) is 4.47. The Hall–Kier alpha value is -1.96. The molecule has 0 aliphatic heterocycles. The zero-order chi connectivity index (χ0) is 15.0. The second kappa shape index (κ2) is 4.86. The number of non-ortho nitro benzene ring substituents is 1. The molecular formula is C12H13NO6S. The van der Waals surface area contributed by atoms with E-state index in [0.29, 0.717) is 0 Å². The zero-order valence-corrected chi connectivity index (χ0v) is 11.6. The Bertz CT molecular complexity index is 662. The van der Waals surface area contributed by atoms with Crippen molar-refractivity contribution in [1.82, 2.24) is 0 Å². The monoisotopic (exact) mass is 299 g/mol. The van der Waals surface area contributed by atoms with Gasteiger partial charge in [0.2, 0.25) is 0 Å². The van der Waals surface area contributed by atoms with E-state index in [9.17, 15) is 23.3 Å². The number of sulfone groups is 1. The van der Waals surface area contributed by atoms with Gasteiger partial charge in [-0.1, -0.05) is 6.07 Å². The largest absolute Gasteiger partial charge is 0.465 e. The van der Waals surface area contributed by atoms with Crippen molar-refractivity contribution in [3.8, 4) is 0 Å². The van der Waals surface area contributed by atoms with Gasteiger partial charge in [0, 0.05) is 12.1 Å². The van der Waals surface area contributed by atoms with Crippen molar-refractivity contribution in [1.29, 1.82) is 0 Å². The summed E-state index contributed by atoms with van der Waals surface area (Å²) in [5.74, 6) is -0.786. The third-order valence-electron chi connectivity index (χ3n) is 3.20. The van der Waals surface area contributed by atoms with Crippen molar-refractivity contribution in [2.24, 2.45) is 0 Å². The first kappa shape index (κ1) is 14.4. The molecule has 20 heavy (non-hydrogen) atoms. The normalized spacial score (nSPS) is 16.4. The first-order valence-electron chi connectivity index (χ1n) is 6.01. The first-order valence-corrected chi connectivity index (χ1v) is 7.50. The van der Waals surface area contributed by atoms with E-state index < -0.39 is 25.5 Å². The number of carbonyl (C=O) groups is 1. The van der Waals surface area contributed by atoms with Crippen LogP contribution in [-0.2, 0) is 19.4 Å². The second-order valence-corrected chi connectivity index (χ2v) is 6.73. The van der Waals surface area contributed by atoms with Gasteiger partial charge >= 0.3 is 5.97 Å². The molecule has 1 saturated carbocycles. The molecule has 1 aliphatic rings.